The molecule has 2 saturated carbocycles. The van der Waals surface area contributed by atoms with E-state index in [9.17, 15) is 18.7 Å². The summed E-state index contributed by atoms with van der Waals surface area (Å²) in [5, 5.41) is 12.8. The molecule has 0 bridgehead atoms. The van der Waals surface area contributed by atoms with Crippen LogP contribution in [-0.2, 0) is 11.2 Å². The molecule has 2 aliphatic carbocycles. The smallest absolute Gasteiger partial charge is 0.225 e. The summed E-state index contributed by atoms with van der Waals surface area (Å²) in [6.45, 7) is 3.33. The molecular formula is C30H39F2N7O2. The maximum atomic E-state index is 14.6. The highest BCUT2D eigenvalue weighted by Crippen LogP contribution is 2.38. The summed E-state index contributed by atoms with van der Waals surface area (Å²) in [6.07, 6.45) is 8.61. The average molecular weight is 568 g/mol. The van der Waals surface area contributed by atoms with E-state index < -0.39 is 11.6 Å². The van der Waals surface area contributed by atoms with Gasteiger partial charge in [0, 0.05) is 44.6 Å². The number of nitrogens with zero attached hydrogens (tertiary/aromatic N) is 6. The number of nitrogens with one attached hydrogen (secondary N) is 1. The zero-order valence-electron chi connectivity index (χ0n) is 23.6. The van der Waals surface area contributed by atoms with E-state index in [0.29, 0.717) is 35.3 Å². The fraction of sp³-hybridized carbons (Fsp3) is 0.600. The second-order valence-corrected chi connectivity index (χ2v) is 12.0. The monoisotopic (exact) mass is 567 g/mol. The molecule has 3 fully saturated rings. The van der Waals surface area contributed by atoms with Gasteiger partial charge in [-0.15, -0.1) is 0 Å². The molecule has 3 aromatic rings. The van der Waals surface area contributed by atoms with Crippen molar-refractivity contribution in [1.82, 2.24) is 29.3 Å². The van der Waals surface area contributed by atoms with E-state index in [2.05, 4.69) is 27.2 Å². The van der Waals surface area contributed by atoms with Gasteiger partial charge in [-0.25, -0.2) is 23.7 Å². The van der Waals surface area contributed by atoms with E-state index >= 15 is 0 Å². The number of hydrogen-bond donors (Lipinski definition) is 2. The van der Waals surface area contributed by atoms with Crippen LogP contribution in [0.1, 0.15) is 63.2 Å². The Balaban J connectivity index is 1.26. The Labute approximate surface area is 239 Å². The number of fused-ring (bicyclic) bond motifs is 1. The molecule has 0 unspecified atom stereocenters. The predicted molar refractivity (Wildman–Crippen MR) is 152 cm³/mol. The molecule has 3 aliphatic rings. The first-order valence-corrected chi connectivity index (χ1v) is 15.0. The van der Waals surface area contributed by atoms with Gasteiger partial charge in [0.1, 0.15) is 28.7 Å². The van der Waals surface area contributed by atoms with Crippen molar-refractivity contribution in [2.24, 2.45) is 11.8 Å². The standard InChI is InChI=1S/C30H39F2N7O2/c1-37-13-15-38(16-14-37)29(41)20-7-9-21(10-8-20)39-28-25(34-30(39)36-27-23(31)3-2-4-24(27)32)18-33-26(35-28)17-19-5-11-22(40)12-6-19/h2-4,18-22,40H,5-17H2,1H3,(H,34,36). The van der Waals surface area contributed by atoms with Gasteiger partial charge in [0.15, 0.2) is 5.65 Å². The van der Waals surface area contributed by atoms with Gasteiger partial charge < -0.3 is 20.2 Å². The number of halogens is 2. The number of aliphatic hydroxyl groups is 1. The van der Waals surface area contributed by atoms with Gasteiger partial charge >= 0.3 is 0 Å². The number of likely N-dealkylation sites (N-methyl/N-ethyl adjacent to an activating group) is 1. The van der Waals surface area contributed by atoms with E-state index in [1.54, 1.807) is 6.20 Å². The van der Waals surface area contributed by atoms with Crippen molar-refractivity contribution in [3.8, 4) is 0 Å². The van der Waals surface area contributed by atoms with Crippen LogP contribution < -0.4 is 5.32 Å². The van der Waals surface area contributed by atoms with E-state index in [1.165, 1.54) is 18.2 Å². The van der Waals surface area contributed by atoms with Crippen molar-refractivity contribution >= 4 is 28.7 Å². The van der Waals surface area contributed by atoms with Gasteiger partial charge in [0.25, 0.3) is 0 Å². The van der Waals surface area contributed by atoms with E-state index in [0.717, 1.165) is 77.5 Å². The highest BCUT2D eigenvalue weighted by Gasteiger charge is 2.33. The fourth-order valence-corrected chi connectivity index (χ4v) is 6.66. The lowest BCUT2D eigenvalue weighted by molar-refractivity contribution is -0.138. The van der Waals surface area contributed by atoms with Gasteiger partial charge in [0.05, 0.1) is 12.3 Å². The van der Waals surface area contributed by atoms with Gasteiger partial charge in [-0.3, -0.25) is 9.36 Å². The van der Waals surface area contributed by atoms with Crippen LogP contribution in [0.3, 0.4) is 0 Å². The minimum Gasteiger partial charge on any atom is -0.393 e. The maximum absolute atomic E-state index is 14.6. The van der Waals surface area contributed by atoms with Crippen molar-refractivity contribution in [1.29, 1.82) is 0 Å². The molecular weight excluding hydrogens is 528 g/mol. The lowest BCUT2D eigenvalue weighted by Gasteiger charge is -2.37. The van der Waals surface area contributed by atoms with Crippen LogP contribution in [0.25, 0.3) is 11.2 Å². The lowest BCUT2D eigenvalue weighted by Crippen LogP contribution is -2.49. The lowest BCUT2D eigenvalue weighted by atomic mass is 9.84. The van der Waals surface area contributed by atoms with E-state index in [4.69, 9.17) is 4.98 Å². The molecule has 1 amide bonds. The van der Waals surface area contributed by atoms with Gasteiger partial charge in [-0.05, 0) is 76.5 Å². The number of carbonyl (C=O) groups is 1. The third kappa shape index (κ3) is 6.06. The van der Waals surface area contributed by atoms with Crippen LogP contribution in [0, 0.1) is 23.5 Å². The first-order chi connectivity index (χ1) is 19.9. The summed E-state index contributed by atoms with van der Waals surface area (Å²) in [5.41, 5.74) is 0.943. The first-order valence-electron chi connectivity index (χ1n) is 15.0. The molecule has 2 N–H and O–H groups in total. The predicted octanol–water partition coefficient (Wildman–Crippen LogP) is 4.45. The van der Waals surface area contributed by atoms with E-state index in [-0.39, 0.29) is 29.7 Å². The number of amides is 1. The third-order valence-corrected chi connectivity index (χ3v) is 9.20. The molecule has 220 valence electrons. The molecule has 1 aliphatic heterocycles. The van der Waals surface area contributed by atoms with Crippen LogP contribution >= 0.6 is 0 Å². The Morgan fingerprint density at radius 2 is 1.66 bits per heavy atom. The molecule has 0 radical (unpaired) electrons. The molecule has 0 atom stereocenters. The van der Waals surface area contributed by atoms with Gasteiger partial charge in [-0.1, -0.05) is 6.07 Å². The molecule has 2 aromatic heterocycles. The molecule has 11 heteroatoms. The molecule has 6 rings (SSSR count). The first kappa shape index (κ1) is 28.0. The minimum absolute atomic E-state index is 0.0169. The number of piperazine rings is 1. The van der Waals surface area contributed by atoms with Crippen molar-refractivity contribution in [2.45, 2.75) is 69.9 Å². The average Bonchev–Trinajstić information content (AvgIpc) is 3.33. The summed E-state index contributed by atoms with van der Waals surface area (Å²) in [6, 6.07) is 3.74. The normalized spacial score (nSPS) is 25.9. The quantitative estimate of drug-likeness (QED) is 0.454. The number of carbonyl (C=O) groups excluding carboxylic acids is 1. The number of aliphatic hydroxyl groups excluding tert-OH is 1. The number of para-hydroxylation sites is 1. The summed E-state index contributed by atoms with van der Waals surface area (Å²) in [5.74, 6) is 0.270. The summed E-state index contributed by atoms with van der Waals surface area (Å²) >= 11 is 0. The van der Waals surface area contributed by atoms with Gasteiger partial charge in [0.2, 0.25) is 11.9 Å². The van der Waals surface area contributed by atoms with Crippen molar-refractivity contribution < 1.29 is 18.7 Å². The Hall–Kier alpha value is -3.18. The Bertz CT molecular complexity index is 1350. The highest BCUT2D eigenvalue weighted by molar-refractivity contribution is 5.79. The minimum atomic E-state index is -0.698. The highest BCUT2D eigenvalue weighted by atomic mass is 19.1. The fourth-order valence-electron chi connectivity index (χ4n) is 6.66. The summed E-state index contributed by atoms with van der Waals surface area (Å²) < 4.78 is 31.2. The van der Waals surface area contributed by atoms with Crippen LogP contribution in [0.15, 0.2) is 24.4 Å². The van der Waals surface area contributed by atoms with Crippen LogP contribution in [0.4, 0.5) is 20.4 Å². The molecule has 9 nitrogen and oxygen atoms in total. The molecule has 41 heavy (non-hydrogen) atoms. The Kier molecular flexibility index (Phi) is 8.16. The number of hydrogen-bond acceptors (Lipinski definition) is 7. The number of rotatable bonds is 6. The molecule has 1 saturated heterocycles. The van der Waals surface area contributed by atoms with Crippen molar-refractivity contribution in [2.75, 3.05) is 38.5 Å². The number of aromatic nitrogens is 4. The molecule has 0 spiro atoms. The zero-order valence-corrected chi connectivity index (χ0v) is 23.6. The number of anilines is 2. The van der Waals surface area contributed by atoms with Crippen LogP contribution in [0.5, 0.6) is 0 Å². The number of benzene rings is 1. The van der Waals surface area contributed by atoms with Crippen molar-refractivity contribution in [3.63, 3.8) is 0 Å². The molecule has 3 heterocycles. The largest absolute Gasteiger partial charge is 0.393 e. The Morgan fingerprint density at radius 3 is 2.34 bits per heavy atom. The zero-order chi connectivity index (χ0) is 28.5. The summed E-state index contributed by atoms with van der Waals surface area (Å²) in [4.78, 5) is 31.7. The van der Waals surface area contributed by atoms with Crippen LogP contribution in [-0.4, -0.2) is 79.7 Å². The number of imidazole rings is 1. The molecule has 1 aromatic carbocycles. The van der Waals surface area contributed by atoms with Crippen LogP contribution in [0.2, 0.25) is 0 Å². The topological polar surface area (TPSA) is 99.4 Å². The third-order valence-electron chi connectivity index (χ3n) is 9.20. The second kappa shape index (κ2) is 12.0. The summed E-state index contributed by atoms with van der Waals surface area (Å²) in [7, 11) is 2.08. The second-order valence-electron chi connectivity index (χ2n) is 12.0. The van der Waals surface area contributed by atoms with E-state index in [1.807, 2.05) is 9.47 Å². The SMILES string of the molecule is CN1CCN(C(=O)C2CCC(n3c(Nc4c(F)cccc4F)nc4cnc(CC5CCC(O)CC5)nc43)CC2)CC1. The van der Waals surface area contributed by atoms with Crippen molar-refractivity contribution in [3.05, 3.63) is 41.9 Å². The maximum Gasteiger partial charge on any atom is 0.225 e. The van der Waals surface area contributed by atoms with Gasteiger partial charge in [-0.2, -0.15) is 0 Å². The Morgan fingerprint density at radius 1 is 0.976 bits per heavy atom.